The Morgan fingerprint density at radius 1 is 0.160 bits per heavy atom. The topological polar surface area (TPSA) is 113 Å². The number of nitrogens with zero attached hydrogens (tertiary/aromatic N) is 10. The molecule has 0 aliphatic rings. The molecule has 714 valence electrons. The molecule has 28 rings (SSSR count). The van der Waals surface area contributed by atoms with E-state index in [0.29, 0.717) is 0 Å². The van der Waals surface area contributed by atoms with E-state index in [1.54, 1.807) is 0 Å². The van der Waals surface area contributed by atoms with Crippen molar-refractivity contribution in [3.8, 4) is 123 Å². The lowest BCUT2D eigenvalue weighted by Crippen LogP contribution is -1.97. The van der Waals surface area contributed by atoms with Crippen LogP contribution >= 0.6 is 0 Å². The summed E-state index contributed by atoms with van der Waals surface area (Å²) in [7, 11) is 0. The van der Waals surface area contributed by atoms with Gasteiger partial charge >= 0.3 is 0 Å². The fourth-order valence-electron chi connectivity index (χ4n) is 22.6. The van der Waals surface area contributed by atoms with Crippen LogP contribution in [-0.4, -0.2) is 49.0 Å². The predicted molar refractivity (Wildman–Crippen MR) is 632 cm³/mol. The SMILES string of the molecule is CC.Cc1cc(-c2cccc(-c3ccccc3)c2)c2ccc3c(ccc4c(-c5cccc(-c6ccccc6)c5)cc(C)nc43)c2n1.Cc1cc(-c2cccc(-n3c4ccccc4c4ccccc43)c2)c2ccc3c(ccc4c(-c5cccc(-n6c7ccccc7c7ccccc76)c5)cc(C)nc43)c2n1.Cc1cc2c(-c3cccc(-c4cccnc4)c3)cc3c(cc(-c4cccc(-c5cccnc5)c4)c4cc(C)c(C)nc43)c2nc1C. The number of rotatable bonds is 12. The number of para-hydroxylation sites is 4. The summed E-state index contributed by atoms with van der Waals surface area (Å²) in [6.07, 6.45) is 7.46. The average molecular weight is 1930 g/mol. The highest BCUT2D eigenvalue weighted by atomic mass is 15.0. The Morgan fingerprint density at radius 2 is 0.400 bits per heavy atom. The quantitative estimate of drug-likeness (QED) is 0.111. The largest absolute Gasteiger partial charge is 0.309 e. The molecule has 0 radical (unpaired) electrons. The molecule has 0 fully saturated rings. The normalized spacial score (nSPS) is 11.5. The highest BCUT2D eigenvalue weighted by Crippen LogP contribution is 2.48. The molecule has 10 nitrogen and oxygen atoms in total. The number of fused-ring (bicyclic) bond motifs is 21. The summed E-state index contributed by atoms with van der Waals surface area (Å²) in [5.41, 5.74) is 44.8. The van der Waals surface area contributed by atoms with Crippen LogP contribution in [0.25, 0.3) is 264 Å². The molecule has 0 aliphatic heterocycles. The minimum absolute atomic E-state index is 0.983. The van der Waals surface area contributed by atoms with Gasteiger partial charge in [-0.05, 0) is 300 Å². The van der Waals surface area contributed by atoms with Gasteiger partial charge < -0.3 is 9.13 Å². The first kappa shape index (κ1) is 92.2. The van der Waals surface area contributed by atoms with E-state index in [0.717, 1.165) is 199 Å². The summed E-state index contributed by atoms with van der Waals surface area (Å²) in [6, 6.07) is 153. The molecule has 0 amide bonds. The van der Waals surface area contributed by atoms with Crippen LogP contribution in [0.15, 0.2) is 449 Å². The summed E-state index contributed by atoms with van der Waals surface area (Å²) < 4.78 is 4.77. The van der Waals surface area contributed by atoms with Gasteiger partial charge in [0.05, 0.1) is 55.2 Å². The summed E-state index contributed by atoms with van der Waals surface area (Å²) in [4.78, 5) is 39.9. The molecular formula is C140H104N10. The van der Waals surface area contributed by atoms with E-state index in [1.165, 1.54) is 110 Å². The van der Waals surface area contributed by atoms with E-state index in [-0.39, 0.29) is 0 Å². The maximum Gasteiger partial charge on any atom is 0.0790 e. The van der Waals surface area contributed by atoms with E-state index >= 15 is 0 Å². The van der Waals surface area contributed by atoms with Crippen LogP contribution in [0.2, 0.25) is 0 Å². The van der Waals surface area contributed by atoms with E-state index in [4.69, 9.17) is 29.9 Å². The van der Waals surface area contributed by atoms with Gasteiger partial charge in [-0.2, -0.15) is 0 Å². The highest BCUT2D eigenvalue weighted by molar-refractivity contribution is 6.25. The Morgan fingerprint density at radius 3 is 0.700 bits per heavy atom. The van der Waals surface area contributed by atoms with Gasteiger partial charge in [0.15, 0.2) is 0 Å². The average Bonchev–Trinajstić information content (AvgIpc) is 0.888. The molecule has 150 heavy (non-hydrogen) atoms. The van der Waals surface area contributed by atoms with Crippen LogP contribution in [0.3, 0.4) is 0 Å². The second-order valence-electron chi connectivity index (χ2n) is 39.2. The number of hydrogen-bond donors (Lipinski definition) is 0. The fraction of sp³-hybridized carbons (Fsp3) is 0.0714. The molecule has 10 heteroatoms. The molecule has 0 aliphatic carbocycles. The molecule has 28 aromatic rings. The Hall–Kier alpha value is -18.9. The van der Waals surface area contributed by atoms with Crippen molar-refractivity contribution < 1.29 is 0 Å². The Kier molecular flexibility index (Phi) is 23.7. The third kappa shape index (κ3) is 16.6. The van der Waals surface area contributed by atoms with Gasteiger partial charge in [0.1, 0.15) is 0 Å². The lowest BCUT2D eigenvalue weighted by molar-refractivity contribution is 1.18. The summed E-state index contributed by atoms with van der Waals surface area (Å²) in [5.74, 6) is 0. The van der Waals surface area contributed by atoms with E-state index in [1.807, 2.05) is 50.8 Å². The van der Waals surface area contributed by atoms with Crippen molar-refractivity contribution in [3.05, 3.63) is 495 Å². The van der Waals surface area contributed by atoms with Crippen LogP contribution in [0, 0.1) is 55.4 Å². The maximum absolute atomic E-state index is 5.27. The number of aryl methyl sites for hydroxylation is 8. The molecule has 0 saturated carbocycles. The van der Waals surface area contributed by atoms with Crippen LogP contribution in [0.4, 0.5) is 0 Å². The van der Waals surface area contributed by atoms with Crippen molar-refractivity contribution in [1.82, 2.24) is 49.0 Å². The standard InChI is InChI=1S/C54H36N4.C42H32N4.C42H30N2.C2H6/c1-33-29-47(35-13-11-15-37(31-35)57-49-21-7-3-17-39(49)40-18-4-8-22-50(40)57)45-27-26-44-43(53(45)55-33)25-28-46-48(30-34(2)56-54(44)46)36-14-12-16-38(32-36)58-51-23-9-5-19-41(51)42-20-6-10-24-52(42)58;1-25-17-37-35(31-11-5-9-29(19-31)33-13-7-15-43-23-33)21-40-39(41(37)45-27(25)3)22-36(38-18-26(2)28(4)46-42(38)40)32-12-6-10-30(20-32)34-14-8-16-44-24-34;1-27-23-39(33-17-9-15-31(25-33)29-11-5-3-6-12-29)37-21-20-36-35(41(37)43-27)19-22-38-40(24-28(2)44-42(36)38)34-18-10-16-32(26-34)30-13-7-4-8-14-30;1-2/h3-32H,1-2H3;5-24H,1-4H3;3-26H,1-2H3;1-2H3. The smallest absolute Gasteiger partial charge is 0.0790 e. The van der Waals surface area contributed by atoms with Crippen LogP contribution in [-0.2, 0) is 0 Å². The van der Waals surface area contributed by atoms with Crippen LogP contribution in [0.1, 0.15) is 59.1 Å². The van der Waals surface area contributed by atoms with Crippen molar-refractivity contribution >= 4 is 141 Å². The van der Waals surface area contributed by atoms with Crippen molar-refractivity contribution in [2.75, 3.05) is 0 Å². The Labute approximate surface area is 870 Å². The van der Waals surface area contributed by atoms with Gasteiger partial charge in [-0.15, -0.1) is 0 Å². The van der Waals surface area contributed by atoms with Crippen molar-refractivity contribution in [1.29, 1.82) is 0 Å². The Balaban J connectivity index is 0.000000117. The maximum atomic E-state index is 5.27. The van der Waals surface area contributed by atoms with Crippen LogP contribution < -0.4 is 0 Å². The van der Waals surface area contributed by atoms with Crippen molar-refractivity contribution in [3.63, 3.8) is 0 Å². The molecule has 0 atom stereocenters. The number of aromatic nitrogens is 10. The summed E-state index contributed by atoms with van der Waals surface area (Å²) in [6.45, 7) is 20.9. The van der Waals surface area contributed by atoms with Gasteiger partial charge in [0, 0.05) is 168 Å². The third-order valence-corrected chi connectivity index (χ3v) is 29.8. The lowest BCUT2D eigenvalue weighted by atomic mass is 9.88. The van der Waals surface area contributed by atoms with E-state index in [9.17, 15) is 0 Å². The van der Waals surface area contributed by atoms with Gasteiger partial charge in [-0.25, -0.2) is 0 Å². The van der Waals surface area contributed by atoms with Gasteiger partial charge in [0.2, 0.25) is 0 Å². The first-order chi connectivity index (χ1) is 73.6. The van der Waals surface area contributed by atoms with Gasteiger partial charge in [-0.3, -0.25) is 39.9 Å². The van der Waals surface area contributed by atoms with Crippen LogP contribution in [0.5, 0.6) is 0 Å². The molecule has 0 saturated heterocycles. The number of hydrogen-bond acceptors (Lipinski definition) is 8. The Bertz CT molecular complexity index is 9590. The molecule has 0 N–H and O–H groups in total. The van der Waals surface area contributed by atoms with Gasteiger partial charge in [0.25, 0.3) is 0 Å². The van der Waals surface area contributed by atoms with Crippen molar-refractivity contribution in [2.45, 2.75) is 69.2 Å². The van der Waals surface area contributed by atoms with E-state index < -0.39 is 0 Å². The zero-order chi connectivity index (χ0) is 101. The number of benzene rings is 18. The van der Waals surface area contributed by atoms with Crippen molar-refractivity contribution in [2.24, 2.45) is 0 Å². The molecule has 10 heterocycles. The first-order valence-corrected chi connectivity index (χ1v) is 51.6. The summed E-state index contributed by atoms with van der Waals surface area (Å²) in [5, 5.41) is 18.5. The summed E-state index contributed by atoms with van der Waals surface area (Å²) >= 11 is 0. The minimum atomic E-state index is 0.983. The second-order valence-corrected chi connectivity index (χ2v) is 39.2. The molecule has 0 bridgehead atoms. The second kappa shape index (κ2) is 38.6. The molecular weight excluding hydrogens is 1820 g/mol. The number of pyridine rings is 8. The lowest BCUT2D eigenvalue weighted by Gasteiger charge is -2.18. The fourth-order valence-corrected chi connectivity index (χ4v) is 22.6. The predicted octanol–water partition coefficient (Wildman–Crippen LogP) is 37.0. The van der Waals surface area contributed by atoms with Gasteiger partial charge in [-0.1, -0.05) is 305 Å². The molecule has 0 unspecified atom stereocenters. The third-order valence-electron chi connectivity index (χ3n) is 29.8. The zero-order valence-corrected chi connectivity index (χ0v) is 85.2. The highest BCUT2D eigenvalue weighted by Gasteiger charge is 2.25. The zero-order valence-electron chi connectivity index (χ0n) is 85.2. The molecule has 18 aromatic carbocycles. The molecule has 0 spiro atoms. The molecule has 10 aromatic heterocycles. The monoisotopic (exact) mass is 1920 g/mol. The minimum Gasteiger partial charge on any atom is -0.309 e. The first-order valence-electron chi connectivity index (χ1n) is 51.6. The van der Waals surface area contributed by atoms with E-state index in [2.05, 4.69) is 487 Å².